The van der Waals surface area contributed by atoms with Crippen LogP contribution in [0.25, 0.3) is 6.08 Å². The average Bonchev–Trinajstić information content (AvgIpc) is 2.80. The van der Waals surface area contributed by atoms with Gasteiger partial charge in [0.05, 0.1) is 23.5 Å². The lowest BCUT2D eigenvalue weighted by molar-refractivity contribution is 0.609. The number of hydrogen-bond acceptors (Lipinski definition) is 7. The summed E-state index contributed by atoms with van der Waals surface area (Å²) in [6.45, 7) is 3.17. The number of hydrogen-bond donors (Lipinski definition) is 1. The average molecular weight is 423 g/mol. The molecule has 0 aliphatic carbocycles. The molecule has 0 amide bonds. The Morgan fingerprint density at radius 2 is 1.50 bits per heavy atom. The van der Waals surface area contributed by atoms with Crippen LogP contribution in [0.1, 0.15) is 5.56 Å². The molecule has 3 heterocycles. The van der Waals surface area contributed by atoms with E-state index < -0.39 is 10.0 Å². The highest BCUT2D eigenvalue weighted by molar-refractivity contribution is 7.95. The molecule has 1 aliphatic heterocycles. The normalized spacial score (nSPS) is 14.8. The van der Waals surface area contributed by atoms with Crippen LogP contribution in [0.3, 0.4) is 0 Å². The van der Waals surface area contributed by atoms with Crippen molar-refractivity contribution in [3.63, 3.8) is 0 Å². The van der Waals surface area contributed by atoms with Crippen LogP contribution in [0.15, 0.2) is 72.5 Å². The second-order valence-corrected chi connectivity index (χ2v) is 8.36. The number of anilines is 3. The quantitative estimate of drug-likeness (QED) is 0.653. The molecule has 0 radical (unpaired) electrons. The van der Waals surface area contributed by atoms with Crippen molar-refractivity contribution in [3.05, 3.63) is 78.1 Å². The summed E-state index contributed by atoms with van der Waals surface area (Å²) in [7, 11) is -3.65. The Morgan fingerprint density at radius 1 is 0.833 bits per heavy atom. The molecular weight excluding hydrogens is 400 g/mol. The van der Waals surface area contributed by atoms with E-state index in [2.05, 4.69) is 29.5 Å². The van der Waals surface area contributed by atoms with Crippen molar-refractivity contribution in [1.29, 1.82) is 0 Å². The zero-order chi connectivity index (χ0) is 20.8. The maximum atomic E-state index is 12.3. The summed E-state index contributed by atoms with van der Waals surface area (Å²) >= 11 is 0. The van der Waals surface area contributed by atoms with Crippen LogP contribution in [-0.2, 0) is 10.0 Å². The minimum atomic E-state index is -3.65. The molecule has 1 N–H and O–H groups in total. The van der Waals surface area contributed by atoms with Crippen LogP contribution in [0, 0.1) is 0 Å². The number of benzene rings is 1. The number of sulfonamides is 1. The third kappa shape index (κ3) is 5.12. The molecule has 1 aliphatic rings. The van der Waals surface area contributed by atoms with E-state index >= 15 is 0 Å². The number of nitrogens with zero attached hydrogens (tertiary/aromatic N) is 5. The van der Waals surface area contributed by atoms with Crippen LogP contribution in [0.2, 0.25) is 0 Å². The van der Waals surface area contributed by atoms with Gasteiger partial charge in [0.2, 0.25) is 5.95 Å². The highest BCUT2D eigenvalue weighted by Crippen LogP contribution is 2.17. The van der Waals surface area contributed by atoms with E-state index in [1.807, 2.05) is 48.5 Å². The summed E-state index contributed by atoms with van der Waals surface area (Å²) in [5.41, 5.74) is 1.13. The highest BCUT2D eigenvalue weighted by atomic mass is 32.2. The van der Waals surface area contributed by atoms with Gasteiger partial charge in [-0.15, -0.1) is 0 Å². The van der Waals surface area contributed by atoms with Gasteiger partial charge in [-0.25, -0.2) is 23.4 Å². The SMILES string of the molecule is O=S(=O)(/C=C/c1ccccc1)Nc1cnc(N2CCN(c3ccccn3)CC2)nc1. The smallest absolute Gasteiger partial charge is 0.255 e. The van der Waals surface area contributed by atoms with E-state index in [9.17, 15) is 8.42 Å². The van der Waals surface area contributed by atoms with Crippen molar-refractivity contribution >= 4 is 33.6 Å². The third-order valence-electron chi connectivity index (χ3n) is 4.67. The van der Waals surface area contributed by atoms with Crippen LogP contribution in [0.4, 0.5) is 17.5 Å². The molecule has 1 saturated heterocycles. The molecule has 1 fully saturated rings. The summed E-state index contributed by atoms with van der Waals surface area (Å²) in [5, 5.41) is 1.13. The van der Waals surface area contributed by atoms with Crippen molar-refractivity contribution in [2.75, 3.05) is 40.7 Å². The zero-order valence-corrected chi connectivity index (χ0v) is 17.1. The molecule has 2 aromatic heterocycles. The van der Waals surface area contributed by atoms with E-state index in [-0.39, 0.29) is 0 Å². The Morgan fingerprint density at radius 3 is 2.17 bits per heavy atom. The van der Waals surface area contributed by atoms with Gasteiger partial charge >= 0.3 is 0 Å². The minimum absolute atomic E-state index is 0.323. The molecule has 8 nitrogen and oxygen atoms in total. The van der Waals surface area contributed by atoms with Crippen LogP contribution in [-0.4, -0.2) is 49.5 Å². The molecule has 0 atom stereocenters. The molecular formula is C21H22N6O2S. The topological polar surface area (TPSA) is 91.3 Å². The van der Waals surface area contributed by atoms with Crippen LogP contribution < -0.4 is 14.5 Å². The maximum Gasteiger partial charge on any atom is 0.255 e. The maximum absolute atomic E-state index is 12.3. The first kappa shape index (κ1) is 19.8. The molecule has 30 heavy (non-hydrogen) atoms. The fraction of sp³-hybridized carbons (Fsp3) is 0.190. The van der Waals surface area contributed by atoms with Gasteiger partial charge in [-0.05, 0) is 23.8 Å². The number of rotatable bonds is 6. The van der Waals surface area contributed by atoms with E-state index in [1.165, 1.54) is 12.4 Å². The van der Waals surface area contributed by atoms with Gasteiger partial charge in [0.25, 0.3) is 10.0 Å². The van der Waals surface area contributed by atoms with Crippen molar-refractivity contribution < 1.29 is 8.42 Å². The monoisotopic (exact) mass is 422 g/mol. The molecule has 1 aromatic carbocycles. The van der Waals surface area contributed by atoms with E-state index in [4.69, 9.17) is 0 Å². The van der Waals surface area contributed by atoms with Gasteiger partial charge < -0.3 is 9.80 Å². The van der Waals surface area contributed by atoms with Gasteiger partial charge in [-0.3, -0.25) is 4.72 Å². The van der Waals surface area contributed by atoms with Gasteiger partial charge in [0, 0.05) is 32.4 Å². The first-order valence-corrected chi connectivity index (χ1v) is 11.1. The van der Waals surface area contributed by atoms with Crippen molar-refractivity contribution in [3.8, 4) is 0 Å². The zero-order valence-electron chi connectivity index (χ0n) is 16.3. The van der Waals surface area contributed by atoms with Gasteiger partial charge in [0.15, 0.2) is 0 Å². The fourth-order valence-electron chi connectivity index (χ4n) is 3.14. The predicted octanol–water partition coefficient (Wildman–Crippen LogP) is 2.61. The summed E-state index contributed by atoms with van der Waals surface area (Å²) in [6.07, 6.45) is 6.31. The van der Waals surface area contributed by atoms with Gasteiger partial charge in [-0.1, -0.05) is 36.4 Å². The van der Waals surface area contributed by atoms with Crippen molar-refractivity contribution in [1.82, 2.24) is 15.0 Å². The van der Waals surface area contributed by atoms with Gasteiger partial charge in [-0.2, -0.15) is 0 Å². The number of pyridine rings is 1. The van der Waals surface area contributed by atoms with Crippen molar-refractivity contribution in [2.45, 2.75) is 0 Å². The van der Waals surface area contributed by atoms with Crippen LogP contribution in [0.5, 0.6) is 0 Å². The van der Waals surface area contributed by atoms with E-state index in [1.54, 1.807) is 12.3 Å². The predicted molar refractivity (Wildman–Crippen MR) is 119 cm³/mol. The number of aromatic nitrogens is 3. The molecule has 0 bridgehead atoms. The fourth-order valence-corrected chi connectivity index (χ4v) is 3.98. The summed E-state index contributed by atoms with van der Waals surface area (Å²) in [4.78, 5) is 17.3. The Bertz CT molecular complexity index is 1080. The molecule has 0 saturated carbocycles. The summed E-state index contributed by atoms with van der Waals surface area (Å²) in [5.74, 6) is 1.55. The first-order chi connectivity index (χ1) is 14.6. The standard InChI is InChI=1S/C21H22N6O2S/c28-30(29,15-9-18-6-2-1-3-7-18)25-19-16-23-21(24-17-19)27-13-11-26(12-14-27)20-8-4-5-10-22-20/h1-10,15-17,25H,11-14H2/b15-9+. The lowest BCUT2D eigenvalue weighted by Gasteiger charge is -2.35. The second kappa shape index (κ2) is 8.91. The summed E-state index contributed by atoms with van der Waals surface area (Å²) < 4.78 is 27.0. The molecule has 0 unspecified atom stereocenters. The number of piperazine rings is 1. The minimum Gasteiger partial charge on any atom is -0.353 e. The molecule has 4 rings (SSSR count). The summed E-state index contributed by atoms with van der Waals surface area (Å²) in [6, 6.07) is 15.1. The Kier molecular flexibility index (Phi) is 5.89. The van der Waals surface area contributed by atoms with E-state index in [0.717, 1.165) is 43.0 Å². The molecule has 3 aromatic rings. The molecule has 9 heteroatoms. The Hall–Kier alpha value is -3.46. The molecule has 154 valence electrons. The lowest BCUT2D eigenvalue weighted by atomic mass is 10.2. The van der Waals surface area contributed by atoms with Crippen LogP contribution >= 0.6 is 0 Å². The van der Waals surface area contributed by atoms with Gasteiger partial charge in [0.1, 0.15) is 5.82 Å². The largest absolute Gasteiger partial charge is 0.353 e. The second-order valence-electron chi connectivity index (χ2n) is 6.79. The van der Waals surface area contributed by atoms with Crippen molar-refractivity contribution in [2.24, 2.45) is 0 Å². The first-order valence-electron chi connectivity index (χ1n) is 9.58. The highest BCUT2D eigenvalue weighted by Gasteiger charge is 2.20. The lowest BCUT2D eigenvalue weighted by Crippen LogP contribution is -2.47. The number of nitrogens with one attached hydrogen (secondary N) is 1. The third-order valence-corrected chi connectivity index (χ3v) is 5.69. The Labute approximate surface area is 176 Å². The Balaban J connectivity index is 1.35. The van der Waals surface area contributed by atoms with E-state index in [0.29, 0.717) is 11.6 Å². The molecule has 0 spiro atoms.